The molecular weight excluding hydrogens is 295 g/mol. The van der Waals surface area contributed by atoms with Gasteiger partial charge in [-0.1, -0.05) is 33.6 Å². The Balaban J connectivity index is 2.59. The Morgan fingerprint density at radius 2 is 1.91 bits per heavy atom. The van der Waals surface area contributed by atoms with Crippen molar-refractivity contribution in [1.29, 1.82) is 0 Å². The van der Waals surface area contributed by atoms with Crippen LogP contribution >= 0.6 is 0 Å². The molecule has 0 heterocycles. The number of amides is 1. The summed E-state index contributed by atoms with van der Waals surface area (Å²) in [5, 5.41) is 0. The molecule has 3 atom stereocenters. The van der Waals surface area contributed by atoms with Crippen molar-refractivity contribution < 1.29 is 22.7 Å². The second kappa shape index (κ2) is 8.18. The first-order valence-electron chi connectivity index (χ1n) is 8.08. The number of halogens is 3. The normalized spacial score (nSPS) is 24.4. The second-order valence-corrected chi connectivity index (χ2v) is 6.83. The zero-order valence-electron chi connectivity index (χ0n) is 13.9. The lowest BCUT2D eigenvalue weighted by Crippen LogP contribution is -2.48. The number of rotatable bonds is 6. The van der Waals surface area contributed by atoms with E-state index >= 15 is 0 Å². The third kappa shape index (κ3) is 6.55. The maximum absolute atomic E-state index is 12.7. The molecule has 3 nitrogen and oxygen atoms in total. The van der Waals surface area contributed by atoms with Crippen LogP contribution in [0.2, 0.25) is 0 Å². The number of hydrogen-bond donors (Lipinski definition) is 0. The highest BCUT2D eigenvalue weighted by molar-refractivity contribution is 5.77. The van der Waals surface area contributed by atoms with E-state index in [4.69, 9.17) is 4.74 Å². The molecule has 1 saturated carbocycles. The van der Waals surface area contributed by atoms with E-state index in [0.29, 0.717) is 5.92 Å². The third-order valence-electron chi connectivity index (χ3n) is 4.46. The Labute approximate surface area is 131 Å². The Morgan fingerprint density at radius 3 is 2.41 bits per heavy atom. The van der Waals surface area contributed by atoms with Crippen molar-refractivity contribution in [1.82, 2.24) is 4.90 Å². The minimum atomic E-state index is -4.39. The molecule has 130 valence electrons. The summed E-state index contributed by atoms with van der Waals surface area (Å²) in [5.41, 5.74) is 0. The van der Waals surface area contributed by atoms with Gasteiger partial charge in [0.25, 0.3) is 0 Å². The Bertz CT molecular complexity index is 358. The largest absolute Gasteiger partial charge is 0.406 e. The molecule has 1 aliphatic carbocycles. The molecule has 0 N–H and O–H groups in total. The van der Waals surface area contributed by atoms with Gasteiger partial charge in [0.2, 0.25) is 5.91 Å². The fourth-order valence-corrected chi connectivity index (χ4v) is 2.81. The highest BCUT2D eigenvalue weighted by atomic mass is 19.4. The lowest BCUT2D eigenvalue weighted by atomic mass is 9.89. The molecule has 0 aliphatic heterocycles. The van der Waals surface area contributed by atoms with Crippen molar-refractivity contribution in [3.63, 3.8) is 0 Å². The van der Waals surface area contributed by atoms with Gasteiger partial charge in [-0.05, 0) is 31.6 Å². The summed E-state index contributed by atoms with van der Waals surface area (Å²) < 4.78 is 43.7. The number of alkyl halides is 3. The molecule has 3 unspecified atom stereocenters. The van der Waals surface area contributed by atoms with E-state index < -0.39 is 24.7 Å². The van der Waals surface area contributed by atoms with Gasteiger partial charge in [-0.15, -0.1) is 0 Å². The van der Waals surface area contributed by atoms with Crippen molar-refractivity contribution in [2.75, 3.05) is 13.2 Å². The summed E-state index contributed by atoms with van der Waals surface area (Å²) >= 11 is 0. The van der Waals surface area contributed by atoms with Crippen LogP contribution in [0.1, 0.15) is 53.4 Å². The topological polar surface area (TPSA) is 29.5 Å². The van der Waals surface area contributed by atoms with Crippen LogP contribution < -0.4 is 0 Å². The molecule has 0 aromatic heterocycles. The van der Waals surface area contributed by atoms with Gasteiger partial charge in [0, 0.05) is 6.04 Å². The summed E-state index contributed by atoms with van der Waals surface area (Å²) in [6, 6.07) is -0.469. The first-order chi connectivity index (χ1) is 10.1. The summed E-state index contributed by atoms with van der Waals surface area (Å²) in [5.74, 6) is -0.0625. The fraction of sp³-hybridized carbons (Fsp3) is 0.938. The van der Waals surface area contributed by atoms with E-state index in [0.717, 1.165) is 30.6 Å². The van der Waals surface area contributed by atoms with Gasteiger partial charge in [0.1, 0.15) is 13.2 Å². The van der Waals surface area contributed by atoms with Gasteiger partial charge in [0.05, 0.1) is 6.10 Å². The molecule has 1 aliphatic rings. The standard InChI is InChI=1S/C16H28F3NO2/c1-11(2)13(4)20(10-16(17,18)19)15(21)9-22-14-7-5-6-12(3)8-14/h11-14H,5-10H2,1-4H3. The molecule has 0 radical (unpaired) electrons. The van der Waals surface area contributed by atoms with E-state index in [1.54, 1.807) is 6.92 Å². The summed E-state index contributed by atoms with van der Waals surface area (Å²) in [4.78, 5) is 13.1. The zero-order chi connectivity index (χ0) is 16.9. The van der Waals surface area contributed by atoms with Crippen LogP contribution in [-0.2, 0) is 9.53 Å². The van der Waals surface area contributed by atoms with E-state index in [1.807, 2.05) is 13.8 Å². The van der Waals surface area contributed by atoms with Crippen molar-refractivity contribution in [3.8, 4) is 0 Å². The first-order valence-corrected chi connectivity index (χ1v) is 8.08. The van der Waals surface area contributed by atoms with Crippen molar-refractivity contribution >= 4 is 5.91 Å². The van der Waals surface area contributed by atoms with Gasteiger partial charge in [0.15, 0.2) is 0 Å². The molecular formula is C16H28F3NO2. The average molecular weight is 323 g/mol. The van der Waals surface area contributed by atoms with Crippen LogP contribution in [0, 0.1) is 11.8 Å². The Morgan fingerprint density at radius 1 is 1.27 bits per heavy atom. The van der Waals surface area contributed by atoms with Crippen LogP contribution in [0.4, 0.5) is 13.2 Å². The summed E-state index contributed by atoms with van der Waals surface area (Å²) in [6.07, 6.45) is -0.427. The number of carbonyl (C=O) groups excluding carboxylic acids is 1. The average Bonchev–Trinajstić information content (AvgIpc) is 2.40. The van der Waals surface area contributed by atoms with Gasteiger partial charge >= 0.3 is 6.18 Å². The minimum Gasteiger partial charge on any atom is -0.368 e. The molecule has 1 amide bonds. The van der Waals surface area contributed by atoms with Crippen LogP contribution in [-0.4, -0.2) is 42.3 Å². The predicted molar refractivity (Wildman–Crippen MR) is 79.4 cm³/mol. The molecule has 0 spiro atoms. The van der Waals surface area contributed by atoms with Crippen LogP contribution in [0.25, 0.3) is 0 Å². The smallest absolute Gasteiger partial charge is 0.368 e. The maximum Gasteiger partial charge on any atom is 0.406 e. The summed E-state index contributed by atoms with van der Waals surface area (Å²) in [6.45, 7) is 5.93. The number of hydrogen-bond acceptors (Lipinski definition) is 2. The molecule has 0 aromatic rings. The predicted octanol–water partition coefficient (Wildman–Crippen LogP) is 4.02. The quantitative estimate of drug-likeness (QED) is 0.739. The van der Waals surface area contributed by atoms with Gasteiger partial charge in [-0.25, -0.2) is 0 Å². The van der Waals surface area contributed by atoms with E-state index in [9.17, 15) is 18.0 Å². The zero-order valence-corrected chi connectivity index (χ0v) is 13.9. The Kier molecular flexibility index (Phi) is 7.16. The molecule has 0 bridgehead atoms. The monoisotopic (exact) mass is 323 g/mol. The highest BCUT2D eigenvalue weighted by Crippen LogP contribution is 2.26. The number of carbonyl (C=O) groups is 1. The number of ether oxygens (including phenoxy) is 1. The van der Waals surface area contributed by atoms with Gasteiger partial charge in [-0.3, -0.25) is 4.79 Å². The van der Waals surface area contributed by atoms with Gasteiger partial charge in [-0.2, -0.15) is 13.2 Å². The van der Waals surface area contributed by atoms with Crippen LogP contribution in [0.5, 0.6) is 0 Å². The maximum atomic E-state index is 12.7. The molecule has 0 aromatic carbocycles. The lowest BCUT2D eigenvalue weighted by molar-refractivity contribution is -0.170. The van der Waals surface area contributed by atoms with E-state index in [2.05, 4.69) is 6.92 Å². The highest BCUT2D eigenvalue weighted by Gasteiger charge is 2.36. The van der Waals surface area contributed by atoms with Crippen molar-refractivity contribution in [2.24, 2.45) is 11.8 Å². The fourth-order valence-electron chi connectivity index (χ4n) is 2.81. The van der Waals surface area contributed by atoms with Crippen LogP contribution in [0.3, 0.4) is 0 Å². The molecule has 1 rings (SSSR count). The molecule has 6 heteroatoms. The van der Waals surface area contributed by atoms with Gasteiger partial charge < -0.3 is 9.64 Å². The third-order valence-corrected chi connectivity index (χ3v) is 4.46. The molecule has 0 saturated heterocycles. The first kappa shape index (κ1) is 19.3. The van der Waals surface area contributed by atoms with Crippen molar-refractivity contribution in [2.45, 2.75) is 71.7 Å². The molecule has 22 heavy (non-hydrogen) atoms. The van der Waals surface area contributed by atoms with Crippen molar-refractivity contribution in [3.05, 3.63) is 0 Å². The summed E-state index contributed by atoms with van der Waals surface area (Å²) in [7, 11) is 0. The number of nitrogens with zero attached hydrogens (tertiary/aromatic N) is 1. The Hall–Kier alpha value is -0.780. The van der Waals surface area contributed by atoms with E-state index in [1.165, 1.54) is 0 Å². The van der Waals surface area contributed by atoms with E-state index in [-0.39, 0.29) is 18.6 Å². The molecule has 1 fully saturated rings. The second-order valence-electron chi connectivity index (χ2n) is 6.83. The SMILES string of the molecule is CC1CCCC(OCC(=O)N(CC(F)(F)F)C(C)C(C)C)C1. The lowest BCUT2D eigenvalue weighted by Gasteiger charge is -2.33. The van der Waals surface area contributed by atoms with Crippen LogP contribution in [0.15, 0.2) is 0 Å². The minimum absolute atomic E-state index is 0.00482.